The first-order valence-electron chi connectivity index (χ1n) is 4.01. The van der Waals surface area contributed by atoms with Crippen LogP contribution in [0.3, 0.4) is 0 Å². The maximum Gasteiger partial charge on any atom is 0.138 e. The zero-order valence-electron chi connectivity index (χ0n) is 6.77. The summed E-state index contributed by atoms with van der Waals surface area (Å²) in [5.41, 5.74) is 1.72. The highest BCUT2D eigenvalue weighted by Gasteiger charge is 2.04. The first-order valence-corrected chi connectivity index (χ1v) is 4.01. The standard InChI is InChI=1S/C10H6N2O/c1-3-11-5-7-8-6-12-4-2-10(8)13-9(1)7/h1-6H. The predicted molar refractivity (Wildman–Crippen MR) is 49.3 cm³/mol. The summed E-state index contributed by atoms with van der Waals surface area (Å²) in [6, 6.07) is 3.71. The van der Waals surface area contributed by atoms with E-state index in [1.807, 2.05) is 12.1 Å². The molecule has 0 fully saturated rings. The Balaban J connectivity index is 2.64. The summed E-state index contributed by atoms with van der Waals surface area (Å²) < 4.78 is 5.57. The average molecular weight is 170 g/mol. The van der Waals surface area contributed by atoms with Gasteiger partial charge in [0, 0.05) is 35.6 Å². The number of hydrogen-bond acceptors (Lipinski definition) is 3. The van der Waals surface area contributed by atoms with Crippen LogP contribution in [0.5, 0.6) is 0 Å². The fraction of sp³-hybridized carbons (Fsp3) is 0. The van der Waals surface area contributed by atoms with Gasteiger partial charge in [0.2, 0.25) is 0 Å². The molecular formula is C10H6N2O. The molecule has 0 saturated heterocycles. The van der Waals surface area contributed by atoms with Crippen molar-refractivity contribution >= 4 is 21.9 Å². The third-order valence-corrected chi connectivity index (χ3v) is 2.07. The van der Waals surface area contributed by atoms with E-state index in [1.54, 1.807) is 24.8 Å². The summed E-state index contributed by atoms with van der Waals surface area (Å²) in [6.45, 7) is 0. The topological polar surface area (TPSA) is 38.9 Å². The van der Waals surface area contributed by atoms with Gasteiger partial charge in [-0.25, -0.2) is 0 Å². The van der Waals surface area contributed by atoms with Gasteiger partial charge in [0.1, 0.15) is 11.2 Å². The second-order valence-corrected chi connectivity index (χ2v) is 2.85. The monoisotopic (exact) mass is 170 g/mol. The van der Waals surface area contributed by atoms with Crippen LogP contribution in [0.2, 0.25) is 0 Å². The van der Waals surface area contributed by atoms with E-state index >= 15 is 0 Å². The Morgan fingerprint density at radius 1 is 0.846 bits per heavy atom. The number of hydrogen-bond donors (Lipinski definition) is 0. The Bertz CT molecular complexity index is 521. The molecule has 3 heteroatoms. The van der Waals surface area contributed by atoms with Crippen LogP contribution in [0.25, 0.3) is 21.9 Å². The van der Waals surface area contributed by atoms with Gasteiger partial charge in [-0.2, -0.15) is 0 Å². The lowest BCUT2D eigenvalue weighted by atomic mass is 10.2. The molecule has 0 bridgehead atoms. The van der Waals surface area contributed by atoms with E-state index in [-0.39, 0.29) is 0 Å². The second kappa shape index (κ2) is 2.29. The lowest BCUT2D eigenvalue weighted by Crippen LogP contribution is -1.70. The minimum Gasteiger partial charge on any atom is -0.456 e. The first-order chi connectivity index (χ1) is 6.45. The first kappa shape index (κ1) is 6.60. The van der Waals surface area contributed by atoms with E-state index in [1.165, 1.54) is 0 Å². The molecule has 3 heterocycles. The molecule has 0 radical (unpaired) electrons. The highest BCUT2D eigenvalue weighted by Crippen LogP contribution is 2.26. The summed E-state index contributed by atoms with van der Waals surface area (Å²) in [5.74, 6) is 0. The molecule has 0 aliphatic heterocycles. The Hall–Kier alpha value is -1.90. The van der Waals surface area contributed by atoms with Crippen molar-refractivity contribution in [2.45, 2.75) is 0 Å². The molecule has 3 aromatic rings. The average Bonchev–Trinajstić information content (AvgIpc) is 2.56. The van der Waals surface area contributed by atoms with E-state index in [0.29, 0.717) is 0 Å². The Morgan fingerprint density at radius 3 is 1.92 bits per heavy atom. The smallest absolute Gasteiger partial charge is 0.138 e. The SMILES string of the molecule is c1cc2oc3ccncc3c2cn1. The number of furan rings is 1. The van der Waals surface area contributed by atoms with Crippen molar-refractivity contribution in [1.82, 2.24) is 9.97 Å². The third kappa shape index (κ3) is 0.839. The van der Waals surface area contributed by atoms with Crippen molar-refractivity contribution < 1.29 is 4.42 Å². The van der Waals surface area contributed by atoms with Crippen molar-refractivity contribution in [2.24, 2.45) is 0 Å². The zero-order chi connectivity index (χ0) is 8.67. The molecule has 0 atom stereocenters. The molecule has 62 valence electrons. The van der Waals surface area contributed by atoms with Gasteiger partial charge in [0.15, 0.2) is 0 Å². The van der Waals surface area contributed by atoms with Crippen molar-refractivity contribution in [3.63, 3.8) is 0 Å². The van der Waals surface area contributed by atoms with E-state index in [4.69, 9.17) is 4.42 Å². The number of aromatic nitrogens is 2. The number of fused-ring (bicyclic) bond motifs is 3. The van der Waals surface area contributed by atoms with Crippen LogP contribution in [0.4, 0.5) is 0 Å². The van der Waals surface area contributed by atoms with E-state index in [0.717, 1.165) is 21.9 Å². The summed E-state index contributed by atoms with van der Waals surface area (Å²) in [7, 11) is 0. The van der Waals surface area contributed by atoms with Crippen LogP contribution in [0.1, 0.15) is 0 Å². The largest absolute Gasteiger partial charge is 0.456 e. The lowest BCUT2D eigenvalue weighted by molar-refractivity contribution is 0.668. The highest BCUT2D eigenvalue weighted by atomic mass is 16.3. The maximum atomic E-state index is 5.57. The summed E-state index contributed by atoms with van der Waals surface area (Å²) in [6.07, 6.45) is 7.03. The number of nitrogens with zero attached hydrogens (tertiary/aromatic N) is 2. The van der Waals surface area contributed by atoms with Gasteiger partial charge >= 0.3 is 0 Å². The Labute approximate surface area is 74.0 Å². The fourth-order valence-corrected chi connectivity index (χ4v) is 1.46. The summed E-state index contributed by atoms with van der Waals surface area (Å²) in [5, 5.41) is 2.04. The van der Waals surface area contributed by atoms with Crippen molar-refractivity contribution in [1.29, 1.82) is 0 Å². The van der Waals surface area contributed by atoms with Crippen LogP contribution >= 0.6 is 0 Å². The van der Waals surface area contributed by atoms with Gasteiger partial charge in [0.25, 0.3) is 0 Å². The van der Waals surface area contributed by atoms with E-state index < -0.39 is 0 Å². The molecule has 13 heavy (non-hydrogen) atoms. The molecule has 0 saturated carbocycles. The lowest BCUT2D eigenvalue weighted by Gasteiger charge is -1.84. The summed E-state index contributed by atoms with van der Waals surface area (Å²) >= 11 is 0. The molecule has 0 aromatic carbocycles. The number of rotatable bonds is 0. The fourth-order valence-electron chi connectivity index (χ4n) is 1.46. The van der Waals surface area contributed by atoms with Gasteiger partial charge in [-0.05, 0) is 12.1 Å². The van der Waals surface area contributed by atoms with Crippen molar-refractivity contribution in [3.8, 4) is 0 Å². The molecule has 3 nitrogen and oxygen atoms in total. The Morgan fingerprint density at radius 2 is 1.38 bits per heavy atom. The molecule has 3 aromatic heterocycles. The van der Waals surface area contributed by atoms with Crippen LogP contribution < -0.4 is 0 Å². The van der Waals surface area contributed by atoms with Crippen LogP contribution in [-0.2, 0) is 0 Å². The minimum atomic E-state index is 0.859. The van der Waals surface area contributed by atoms with E-state index in [2.05, 4.69) is 9.97 Å². The van der Waals surface area contributed by atoms with Gasteiger partial charge in [-0.3, -0.25) is 9.97 Å². The van der Waals surface area contributed by atoms with Crippen LogP contribution in [-0.4, -0.2) is 9.97 Å². The van der Waals surface area contributed by atoms with Gasteiger partial charge < -0.3 is 4.42 Å². The number of pyridine rings is 2. The van der Waals surface area contributed by atoms with Gasteiger partial charge in [-0.1, -0.05) is 0 Å². The van der Waals surface area contributed by atoms with Crippen LogP contribution in [0, 0.1) is 0 Å². The molecule has 0 N–H and O–H groups in total. The van der Waals surface area contributed by atoms with Crippen molar-refractivity contribution in [2.75, 3.05) is 0 Å². The zero-order valence-corrected chi connectivity index (χ0v) is 6.77. The molecule has 0 spiro atoms. The molecule has 0 aliphatic rings. The molecular weight excluding hydrogens is 164 g/mol. The highest BCUT2D eigenvalue weighted by molar-refractivity contribution is 6.03. The van der Waals surface area contributed by atoms with Gasteiger partial charge in [-0.15, -0.1) is 0 Å². The van der Waals surface area contributed by atoms with E-state index in [9.17, 15) is 0 Å². The predicted octanol–water partition coefficient (Wildman–Crippen LogP) is 2.38. The Kier molecular flexibility index (Phi) is 1.16. The molecule has 0 amide bonds. The quantitative estimate of drug-likeness (QED) is 0.520. The minimum absolute atomic E-state index is 0.859. The second-order valence-electron chi connectivity index (χ2n) is 2.85. The van der Waals surface area contributed by atoms with Crippen molar-refractivity contribution in [3.05, 3.63) is 36.9 Å². The third-order valence-electron chi connectivity index (χ3n) is 2.07. The molecule has 0 aliphatic carbocycles. The van der Waals surface area contributed by atoms with Crippen LogP contribution in [0.15, 0.2) is 41.3 Å². The normalized spacial score (nSPS) is 11.1. The molecule has 3 rings (SSSR count). The maximum absolute atomic E-state index is 5.57. The summed E-state index contributed by atoms with van der Waals surface area (Å²) in [4.78, 5) is 8.09. The van der Waals surface area contributed by atoms with Gasteiger partial charge in [0.05, 0.1) is 0 Å². The molecule has 0 unspecified atom stereocenters.